The Hall–Kier alpha value is -1.04. The van der Waals surface area contributed by atoms with Gasteiger partial charge < -0.3 is 0 Å². The van der Waals surface area contributed by atoms with Crippen molar-refractivity contribution in [2.24, 2.45) is 5.41 Å². The minimum absolute atomic E-state index is 0.376. The molecule has 62 valence electrons. The Balaban J connectivity index is 2.21. The van der Waals surface area contributed by atoms with E-state index in [1.807, 2.05) is 0 Å². The van der Waals surface area contributed by atoms with Crippen molar-refractivity contribution in [2.45, 2.75) is 19.3 Å². The molecule has 2 atom stereocenters. The van der Waals surface area contributed by atoms with Crippen LogP contribution in [0.3, 0.4) is 0 Å². The fourth-order valence-electron chi connectivity index (χ4n) is 1.79. The van der Waals surface area contributed by atoms with Crippen molar-refractivity contribution in [3.8, 4) is 0 Å². The highest BCUT2D eigenvalue weighted by atomic mass is 14.5. The van der Waals surface area contributed by atoms with Crippen molar-refractivity contribution in [3.05, 3.63) is 48.6 Å². The molecule has 0 heterocycles. The van der Waals surface area contributed by atoms with Crippen molar-refractivity contribution in [3.63, 3.8) is 0 Å². The van der Waals surface area contributed by atoms with Gasteiger partial charge in [0.25, 0.3) is 0 Å². The van der Waals surface area contributed by atoms with Crippen LogP contribution in [0.4, 0.5) is 0 Å². The third-order valence-electron chi connectivity index (χ3n) is 2.95. The Morgan fingerprint density at radius 1 is 1.42 bits per heavy atom. The summed E-state index contributed by atoms with van der Waals surface area (Å²) in [4.78, 5) is 0. The maximum atomic E-state index is 3.87. The smallest absolute Gasteiger partial charge is 0.00649 e. The van der Waals surface area contributed by atoms with Crippen molar-refractivity contribution < 1.29 is 0 Å². The van der Waals surface area contributed by atoms with Crippen molar-refractivity contribution >= 4 is 0 Å². The summed E-state index contributed by atoms with van der Waals surface area (Å²) in [6.45, 7) is 6.15. The normalized spacial score (nSPS) is 32.9. The third-order valence-corrected chi connectivity index (χ3v) is 2.95. The average Bonchev–Trinajstić information content (AvgIpc) is 2.81. The summed E-state index contributed by atoms with van der Waals surface area (Å²) in [5.74, 6) is 0.719. The number of benzene rings is 1. The second kappa shape index (κ2) is 2.48. The van der Waals surface area contributed by atoms with E-state index in [0.29, 0.717) is 5.41 Å². The standard InChI is InChI=1S/C12H14/c1-3-12(2)9-11(12)10-7-5-4-6-8-10/h3-8,11H,1,9H2,2H3. The lowest BCUT2D eigenvalue weighted by atomic mass is 10.0. The second-order valence-corrected chi connectivity index (χ2v) is 3.88. The van der Waals surface area contributed by atoms with E-state index < -0.39 is 0 Å². The number of allylic oxidation sites excluding steroid dienone is 1. The molecule has 0 spiro atoms. The highest BCUT2D eigenvalue weighted by molar-refractivity contribution is 5.32. The van der Waals surface area contributed by atoms with Gasteiger partial charge in [0.05, 0.1) is 0 Å². The Bertz CT molecular complexity index is 286. The van der Waals surface area contributed by atoms with E-state index in [-0.39, 0.29) is 0 Å². The Morgan fingerprint density at radius 3 is 2.58 bits per heavy atom. The summed E-state index contributed by atoms with van der Waals surface area (Å²) in [7, 11) is 0. The first kappa shape index (κ1) is 7.60. The summed E-state index contributed by atoms with van der Waals surface area (Å²) in [5, 5.41) is 0. The Morgan fingerprint density at radius 2 is 2.08 bits per heavy atom. The molecule has 0 radical (unpaired) electrons. The highest BCUT2D eigenvalue weighted by Crippen LogP contribution is 2.59. The van der Waals surface area contributed by atoms with E-state index in [9.17, 15) is 0 Å². The van der Waals surface area contributed by atoms with Gasteiger partial charge in [-0.1, -0.05) is 43.3 Å². The first-order chi connectivity index (χ1) is 5.76. The van der Waals surface area contributed by atoms with Gasteiger partial charge in [-0.15, -0.1) is 6.58 Å². The van der Waals surface area contributed by atoms with E-state index in [4.69, 9.17) is 0 Å². The fourth-order valence-corrected chi connectivity index (χ4v) is 1.79. The quantitative estimate of drug-likeness (QED) is 0.579. The van der Waals surface area contributed by atoms with Crippen LogP contribution in [-0.2, 0) is 0 Å². The fraction of sp³-hybridized carbons (Fsp3) is 0.333. The molecular weight excluding hydrogens is 144 g/mol. The molecule has 1 saturated carbocycles. The zero-order valence-corrected chi connectivity index (χ0v) is 7.46. The maximum Gasteiger partial charge on any atom is -0.00649 e. The van der Waals surface area contributed by atoms with Gasteiger partial charge in [-0.3, -0.25) is 0 Å². The second-order valence-electron chi connectivity index (χ2n) is 3.88. The minimum Gasteiger partial charge on any atom is -0.103 e. The van der Waals surface area contributed by atoms with Crippen LogP contribution in [-0.4, -0.2) is 0 Å². The van der Waals surface area contributed by atoms with Gasteiger partial charge in [0.15, 0.2) is 0 Å². The van der Waals surface area contributed by atoms with Gasteiger partial charge in [-0.2, -0.15) is 0 Å². The lowest BCUT2D eigenvalue weighted by molar-refractivity contribution is 0.711. The number of hydrogen-bond donors (Lipinski definition) is 0. The lowest BCUT2D eigenvalue weighted by Crippen LogP contribution is -1.90. The molecule has 0 aliphatic heterocycles. The Kier molecular flexibility index (Phi) is 1.57. The Labute approximate surface area is 73.9 Å². The summed E-state index contributed by atoms with van der Waals surface area (Å²) in [5.41, 5.74) is 1.83. The van der Waals surface area contributed by atoms with Crippen molar-refractivity contribution in [1.82, 2.24) is 0 Å². The topological polar surface area (TPSA) is 0 Å². The zero-order chi connectivity index (χ0) is 8.60. The third kappa shape index (κ3) is 1.08. The predicted molar refractivity (Wildman–Crippen MR) is 52.1 cm³/mol. The maximum absolute atomic E-state index is 3.87. The minimum atomic E-state index is 0.376. The van der Waals surface area contributed by atoms with E-state index in [2.05, 4.69) is 49.9 Å². The van der Waals surface area contributed by atoms with Gasteiger partial charge >= 0.3 is 0 Å². The molecule has 1 aromatic carbocycles. The monoisotopic (exact) mass is 158 g/mol. The molecule has 0 aromatic heterocycles. The molecule has 2 rings (SSSR count). The average molecular weight is 158 g/mol. The molecule has 12 heavy (non-hydrogen) atoms. The first-order valence-electron chi connectivity index (χ1n) is 4.45. The summed E-state index contributed by atoms with van der Waals surface area (Å²) < 4.78 is 0. The zero-order valence-electron chi connectivity index (χ0n) is 7.46. The van der Waals surface area contributed by atoms with E-state index in [1.165, 1.54) is 12.0 Å². The summed E-state index contributed by atoms with van der Waals surface area (Å²) in [6, 6.07) is 10.7. The van der Waals surface area contributed by atoms with E-state index in [1.54, 1.807) is 0 Å². The van der Waals surface area contributed by atoms with Crippen LogP contribution >= 0.6 is 0 Å². The molecule has 1 aliphatic carbocycles. The van der Waals surface area contributed by atoms with Gasteiger partial charge in [0.1, 0.15) is 0 Å². The van der Waals surface area contributed by atoms with Gasteiger partial charge in [0, 0.05) is 0 Å². The molecule has 1 aromatic rings. The van der Waals surface area contributed by atoms with Crippen LogP contribution in [0.2, 0.25) is 0 Å². The van der Waals surface area contributed by atoms with Crippen molar-refractivity contribution in [2.75, 3.05) is 0 Å². The SMILES string of the molecule is C=CC1(C)CC1c1ccccc1. The van der Waals surface area contributed by atoms with Crippen LogP contribution in [0.1, 0.15) is 24.8 Å². The van der Waals surface area contributed by atoms with Crippen LogP contribution < -0.4 is 0 Å². The largest absolute Gasteiger partial charge is 0.103 e. The van der Waals surface area contributed by atoms with Crippen LogP contribution in [0.25, 0.3) is 0 Å². The van der Waals surface area contributed by atoms with Crippen molar-refractivity contribution in [1.29, 1.82) is 0 Å². The molecule has 0 N–H and O–H groups in total. The molecule has 0 heteroatoms. The van der Waals surface area contributed by atoms with Crippen LogP contribution in [0.15, 0.2) is 43.0 Å². The highest BCUT2D eigenvalue weighted by Gasteiger charge is 2.47. The number of hydrogen-bond acceptors (Lipinski definition) is 0. The van der Waals surface area contributed by atoms with Gasteiger partial charge in [0.2, 0.25) is 0 Å². The molecule has 0 nitrogen and oxygen atoms in total. The molecule has 2 unspecified atom stereocenters. The first-order valence-corrected chi connectivity index (χ1v) is 4.45. The summed E-state index contributed by atoms with van der Waals surface area (Å²) in [6.07, 6.45) is 3.35. The lowest BCUT2D eigenvalue weighted by Gasteiger charge is -2.03. The predicted octanol–water partition coefficient (Wildman–Crippen LogP) is 3.37. The van der Waals surface area contributed by atoms with E-state index in [0.717, 1.165) is 5.92 Å². The molecule has 0 amide bonds. The van der Waals surface area contributed by atoms with Gasteiger partial charge in [-0.25, -0.2) is 0 Å². The molecular formula is C12H14. The van der Waals surface area contributed by atoms with Crippen LogP contribution in [0.5, 0.6) is 0 Å². The molecule has 0 saturated heterocycles. The molecule has 1 fully saturated rings. The number of rotatable bonds is 2. The molecule has 1 aliphatic rings. The van der Waals surface area contributed by atoms with Crippen LogP contribution in [0, 0.1) is 5.41 Å². The molecule has 0 bridgehead atoms. The summed E-state index contributed by atoms with van der Waals surface area (Å²) >= 11 is 0. The van der Waals surface area contributed by atoms with E-state index >= 15 is 0 Å². The van der Waals surface area contributed by atoms with Gasteiger partial charge in [-0.05, 0) is 23.3 Å².